The molecule has 0 radical (unpaired) electrons. The Morgan fingerprint density at radius 3 is 2.83 bits per heavy atom. The highest BCUT2D eigenvalue weighted by atomic mass is 35.5. The van der Waals surface area contributed by atoms with E-state index in [2.05, 4.69) is 10.2 Å². The minimum atomic E-state index is -0.105. The summed E-state index contributed by atoms with van der Waals surface area (Å²) in [6.45, 7) is 1.19. The van der Waals surface area contributed by atoms with Gasteiger partial charge in [0, 0.05) is 12.0 Å². The maximum Gasteiger partial charge on any atom is 0.211 e. The Bertz CT molecular complexity index is 498. The molecule has 6 nitrogen and oxygen atoms in total. The molecule has 1 aliphatic rings. The third-order valence-electron chi connectivity index (χ3n) is 2.20. The first-order valence-electron chi connectivity index (χ1n) is 5.38. The smallest absolute Gasteiger partial charge is 0.211 e. The van der Waals surface area contributed by atoms with Gasteiger partial charge in [0.1, 0.15) is 0 Å². The number of nitrogens with zero attached hydrogens (tertiary/aromatic N) is 2. The Balaban J connectivity index is 2.29. The van der Waals surface area contributed by atoms with E-state index in [1.165, 1.54) is 6.21 Å². The third-order valence-corrected chi connectivity index (χ3v) is 2.49. The van der Waals surface area contributed by atoms with Gasteiger partial charge in [0.2, 0.25) is 5.96 Å². The quantitative estimate of drug-likeness (QED) is 0.477. The van der Waals surface area contributed by atoms with Crippen LogP contribution in [0.2, 0.25) is 5.02 Å². The molecule has 0 aromatic heterocycles. The molecule has 0 aliphatic carbocycles. The molecule has 4 N–H and O–H groups in total. The topological polar surface area (TPSA) is 95.2 Å². The minimum absolute atomic E-state index is 0.105. The van der Waals surface area contributed by atoms with E-state index < -0.39 is 0 Å². The van der Waals surface area contributed by atoms with Gasteiger partial charge in [0.15, 0.2) is 11.5 Å². The molecule has 0 spiro atoms. The summed E-state index contributed by atoms with van der Waals surface area (Å²) in [5.41, 5.74) is 11.1. The second-order valence-corrected chi connectivity index (χ2v) is 4.06. The molecule has 1 aliphatic heterocycles. The normalized spacial score (nSPS) is 14.3. The molecule has 1 heterocycles. The zero-order chi connectivity index (χ0) is 13.0. The predicted molar refractivity (Wildman–Crippen MR) is 70.5 cm³/mol. The molecule has 0 bridgehead atoms. The van der Waals surface area contributed by atoms with Crippen molar-refractivity contribution in [3.63, 3.8) is 0 Å². The van der Waals surface area contributed by atoms with Gasteiger partial charge in [-0.2, -0.15) is 5.10 Å². The lowest BCUT2D eigenvalue weighted by Gasteiger charge is -2.09. The number of nitrogens with two attached hydrogens (primary N) is 2. The van der Waals surface area contributed by atoms with Crippen LogP contribution in [0, 0.1) is 0 Å². The fraction of sp³-hybridized carbons (Fsp3) is 0.273. The Morgan fingerprint density at radius 1 is 1.28 bits per heavy atom. The van der Waals surface area contributed by atoms with Crippen molar-refractivity contribution in [2.45, 2.75) is 6.42 Å². The molecule has 18 heavy (non-hydrogen) atoms. The lowest BCUT2D eigenvalue weighted by Crippen LogP contribution is -2.21. The van der Waals surface area contributed by atoms with Crippen LogP contribution in [0.15, 0.2) is 22.3 Å². The summed E-state index contributed by atoms with van der Waals surface area (Å²) in [6.07, 6.45) is 2.31. The number of ether oxygens (including phenoxy) is 2. The lowest BCUT2D eigenvalue weighted by atomic mass is 10.2. The van der Waals surface area contributed by atoms with Gasteiger partial charge in [-0.1, -0.05) is 11.6 Å². The fourth-order valence-electron chi connectivity index (χ4n) is 1.49. The van der Waals surface area contributed by atoms with Crippen LogP contribution in [0.3, 0.4) is 0 Å². The largest absolute Gasteiger partial charge is 0.489 e. The number of halogens is 1. The van der Waals surface area contributed by atoms with Crippen LogP contribution in [-0.2, 0) is 0 Å². The fourth-order valence-corrected chi connectivity index (χ4v) is 1.76. The van der Waals surface area contributed by atoms with Crippen molar-refractivity contribution in [1.82, 2.24) is 0 Å². The Morgan fingerprint density at radius 2 is 2.06 bits per heavy atom. The minimum Gasteiger partial charge on any atom is -0.489 e. The molecule has 0 amide bonds. The second kappa shape index (κ2) is 5.59. The van der Waals surface area contributed by atoms with Crippen LogP contribution in [0.1, 0.15) is 12.0 Å². The molecule has 0 saturated heterocycles. The first-order chi connectivity index (χ1) is 8.66. The number of rotatable bonds is 2. The van der Waals surface area contributed by atoms with E-state index in [4.69, 9.17) is 32.5 Å². The maximum atomic E-state index is 6.11. The van der Waals surface area contributed by atoms with Gasteiger partial charge >= 0.3 is 0 Å². The van der Waals surface area contributed by atoms with Crippen LogP contribution >= 0.6 is 11.6 Å². The van der Waals surface area contributed by atoms with E-state index in [0.29, 0.717) is 29.7 Å². The van der Waals surface area contributed by atoms with Crippen LogP contribution in [0.25, 0.3) is 0 Å². The van der Waals surface area contributed by atoms with E-state index in [1.54, 1.807) is 12.1 Å². The summed E-state index contributed by atoms with van der Waals surface area (Å²) in [5.74, 6) is 1.06. The highest BCUT2D eigenvalue weighted by Gasteiger charge is 2.14. The van der Waals surface area contributed by atoms with Gasteiger partial charge < -0.3 is 20.9 Å². The average Bonchev–Trinajstić information content (AvgIpc) is 2.54. The molecule has 0 saturated carbocycles. The summed E-state index contributed by atoms with van der Waals surface area (Å²) < 4.78 is 11.0. The highest BCUT2D eigenvalue weighted by Crippen LogP contribution is 2.37. The second-order valence-electron chi connectivity index (χ2n) is 3.65. The average molecular weight is 269 g/mol. The van der Waals surface area contributed by atoms with Crippen LogP contribution in [-0.4, -0.2) is 25.4 Å². The van der Waals surface area contributed by atoms with Crippen molar-refractivity contribution in [3.05, 3.63) is 22.7 Å². The molecule has 1 aromatic carbocycles. The SMILES string of the molecule is NC(N)=NN=Cc1cc(Cl)c2c(c1)OCCCO2. The molecule has 1 aromatic rings. The van der Waals surface area contributed by atoms with Gasteiger partial charge in [-0.15, -0.1) is 5.10 Å². The van der Waals surface area contributed by atoms with E-state index in [9.17, 15) is 0 Å². The first kappa shape index (κ1) is 12.5. The van der Waals surface area contributed by atoms with E-state index in [-0.39, 0.29) is 5.96 Å². The van der Waals surface area contributed by atoms with Crippen molar-refractivity contribution < 1.29 is 9.47 Å². The summed E-state index contributed by atoms with van der Waals surface area (Å²) in [6, 6.07) is 3.49. The van der Waals surface area contributed by atoms with Gasteiger partial charge in [0.05, 0.1) is 24.5 Å². The number of hydrogen-bond acceptors (Lipinski definition) is 4. The molecule has 2 rings (SSSR count). The third kappa shape index (κ3) is 3.04. The van der Waals surface area contributed by atoms with E-state index >= 15 is 0 Å². The van der Waals surface area contributed by atoms with Crippen molar-refractivity contribution in [3.8, 4) is 11.5 Å². The Hall–Kier alpha value is -1.95. The number of benzene rings is 1. The van der Waals surface area contributed by atoms with Crippen LogP contribution in [0.5, 0.6) is 11.5 Å². The van der Waals surface area contributed by atoms with E-state index in [1.807, 2.05) is 0 Å². The van der Waals surface area contributed by atoms with Crippen LogP contribution in [0.4, 0.5) is 0 Å². The standard InChI is InChI=1S/C11H13ClN4O2/c12-8-4-7(6-15-16-11(13)14)5-9-10(8)18-3-1-2-17-9/h4-6H,1-3H2,(H4,13,14,16). The van der Waals surface area contributed by atoms with Gasteiger partial charge in [-0.3, -0.25) is 0 Å². The van der Waals surface area contributed by atoms with Crippen molar-refractivity contribution in [2.75, 3.05) is 13.2 Å². The van der Waals surface area contributed by atoms with Gasteiger partial charge in [0.25, 0.3) is 0 Å². The molecule has 96 valence electrons. The zero-order valence-corrected chi connectivity index (χ0v) is 10.4. The molecular weight excluding hydrogens is 256 g/mol. The monoisotopic (exact) mass is 268 g/mol. The molecule has 0 unspecified atom stereocenters. The number of fused-ring (bicyclic) bond motifs is 1. The number of hydrogen-bond donors (Lipinski definition) is 2. The van der Waals surface area contributed by atoms with Crippen molar-refractivity contribution >= 4 is 23.8 Å². The molecular formula is C11H13ClN4O2. The molecule has 0 fully saturated rings. The summed E-state index contributed by atoms with van der Waals surface area (Å²) >= 11 is 6.11. The predicted octanol–water partition coefficient (Wildman–Crippen LogP) is 1.11. The summed E-state index contributed by atoms with van der Waals surface area (Å²) in [4.78, 5) is 0. The number of guanidine groups is 1. The van der Waals surface area contributed by atoms with Gasteiger partial charge in [-0.05, 0) is 12.1 Å². The van der Waals surface area contributed by atoms with Gasteiger partial charge in [-0.25, -0.2) is 0 Å². The van der Waals surface area contributed by atoms with E-state index in [0.717, 1.165) is 12.0 Å². The molecule has 0 atom stereocenters. The maximum absolute atomic E-state index is 6.11. The summed E-state index contributed by atoms with van der Waals surface area (Å²) in [5, 5.41) is 7.69. The first-order valence-corrected chi connectivity index (χ1v) is 5.76. The highest BCUT2D eigenvalue weighted by molar-refractivity contribution is 6.32. The lowest BCUT2D eigenvalue weighted by molar-refractivity contribution is 0.297. The Kier molecular flexibility index (Phi) is 3.88. The van der Waals surface area contributed by atoms with Crippen LogP contribution < -0.4 is 20.9 Å². The zero-order valence-electron chi connectivity index (χ0n) is 9.60. The summed E-state index contributed by atoms with van der Waals surface area (Å²) in [7, 11) is 0. The molecule has 7 heteroatoms. The van der Waals surface area contributed by atoms with Crippen molar-refractivity contribution in [1.29, 1.82) is 0 Å². The van der Waals surface area contributed by atoms with Crippen molar-refractivity contribution in [2.24, 2.45) is 21.7 Å². The Labute approximate surface area is 109 Å².